The fourth-order valence-corrected chi connectivity index (χ4v) is 3.19. The Hall–Kier alpha value is -2.12. The van der Waals surface area contributed by atoms with E-state index in [0.29, 0.717) is 22.5 Å². The molecule has 0 bridgehead atoms. The van der Waals surface area contributed by atoms with Gasteiger partial charge in [-0.2, -0.15) is 0 Å². The lowest BCUT2D eigenvalue weighted by atomic mass is 10.0. The average Bonchev–Trinajstić information content (AvgIpc) is 2.61. The van der Waals surface area contributed by atoms with E-state index in [9.17, 15) is 14.3 Å². The van der Waals surface area contributed by atoms with E-state index in [1.807, 2.05) is 19.9 Å². The van der Waals surface area contributed by atoms with Crippen LogP contribution < -0.4 is 14.8 Å². The van der Waals surface area contributed by atoms with E-state index in [1.54, 1.807) is 18.2 Å². The van der Waals surface area contributed by atoms with Gasteiger partial charge in [0.1, 0.15) is 18.5 Å². The molecule has 0 amide bonds. The number of benzene rings is 2. The van der Waals surface area contributed by atoms with Crippen LogP contribution in [0.1, 0.15) is 25.0 Å². The highest BCUT2D eigenvalue weighted by atomic mass is 79.9. The molecule has 0 aliphatic heterocycles. The topological polar surface area (TPSA) is 67.8 Å². The highest BCUT2D eigenvalue weighted by Crippen LogP contribution is 2.37. The fraction of sp³-hybridized carbons (Fsp3) is 0.350. The zero-order chi connectivity index (χ0) is 20.0. The van der Waals surface area contributed by atoms with Gasteiger partial charge in [0.2, 0.25) is 0 Å². The maximum Gasteiger partial charge on any atom is 0.320 e. The number of halogens is 2. The molecule has 2 aromatic rings. The standard InChI is InChI=1S/C20H23BrFNO4/c1-12(2)18(20(24)25)23-10-14-8-16(21)19(17(9-14)26-3)27-11-13-4-6-15(22)7-5-13/h4-9,12,18,23H,10-11H2,1-3H3,(H,24,25). The van der Waals surface area contributed by atoms with E-state index in [1.165, 1.54) is 19.2 Å². The molecule has 0 saturated carbocycles. The van der Waals surface area contributed by atoms with E-state index in [2.05, 4.69) is 21.2 Å². The smallest absolute Gasteiger partial charge is 0.320 e. The molecule has 7 heteroatoms. The van der Waals surface area contributed by atoms with Gasteiger partial charge in [0.05, 0.1) is 11.6 Å². The van der Waals surface area contributed by atoms with Crippen LogP contribution in [0.3, 0.4) is 0 Å². The Labute approximate surface area is 166 Å². The molecule has 2 aromatic carbocycles. The third-order valence-corrected chi connectivity index (χ3v) is 4.63. The van der Waals surface area contributed by atoms with Crippen molar-refractivity contribution < 1.29 is 23.8 Å². The largest absolute Gasteiger partial charge is 0.493 e. The average molecular weight is 440 g/mol. The number of carboxylic acid groups (broad SMARTS) is 1. The molecule has 1 unspecified atom stereocenters. The van der Waals surface area contributed by atoms with Gasteiger partial charge in [-0.3, -0.25) is 4.79 Å². The Bertz CT molecular complexity index is 780. The van der Waals surface area contributed by atoms with Crippen LogP contribution >= 0.6 is 15.9 Å². The van der Waals surface area contributed by atoms with Crippen LogP contribution in [0.4, 0.5) is 4.39 Å². The van der Waals surface area contributed by atoms with E-state index < -0.39 is 12.0 Å². The first-order valence-electron chi connectivity index (χ1n) is 8.51. The molecule has 0 radical (unpaired) electrons. The summed E-state index contributed by atoms with van der Waals surface area (Å²) in [7, 11) is 1.54. The number of hydrogen-bond acceptors (Lipinski definition) is 4. The molecule has 146 valence electrons. The second kappa shape index (κ2) is 9.71. The van der Waals surface area contributed by atoms with Gasteiger partial charge in [-0.05, 0) is 57.2 Å². The van der Waals surface area contributed by atoms with E-state index in [0.717, 1.165) is 11.1 Å². The third-order valence-electron chi connectivity index (χ3n) is 4.04. The van der Waals surface area contributed by atoms with Crippen molar-refractivity contribution in [1.82, 2.24) is 5.32 Å². The molecule has 0 spiro atoms. The first-order valence-corrected chi connectivity index (χ1v) is 9.31. The predicted octanol–water partition coefficient (Wildman–Crippen LogP) is 4.37. The summed E-state index contributed by atoms with van der Waals surface area (Å²) in [4.78, 5) is 11.3. The molecule has 0 saturated heterocycles. The summed E-state index contributed by atoms with van der Waals surface area (Å²) in [6.45, 7) is 4.35. The van der Waals surface area contributed by atoms with Crippen molar-refractivity contribution in [3.05, 3.63) is 57.8 Å². The van der Waals surface area contributed by atoms with Gasteiger partial charge >= 0.3 is 5.97 Å². The van der Waals surface area contributed by atoms with Crippen LogP contribution in [0.5, 0.6) is 11.5 Å². The predicted molar refractivity (Wildman–Crippen MR) is 105 cm³/mol. The second-order valence-corrected chi connectivity index (χ2v) is 7.32. The third kappa shape index (κ3) is 5.94. The lowest BCUT2D eigenvalue weighted by Gasteiger charge is -2.19. The quantitative estimate of drug-likeness (QED) is 0.606. The maximum atomic E-state index is 13.0. The maximum absolute atomic E-state index is 13.0. The van der Waals surface area contributed by atoms with Crippen molar-refractivity contribution in [2.75, 3.05) is 7.11 Å². The molecule has 2 rings (SSSR count). The molecule has 27 heavy (non-hydrogen) atoms. The number of methoxy groups -OCH3 is 1. The minimum absolute atomic E-state index is 0.0360. The first kappa shape index (κ1) is 21.2. The Morgan fingerprint density at radius 3 is 2.44 bits per heavy atom. The molecule has 0 aliphatic rings. The molecule has 0 aromatic heterocycles. The highest BCUT2D eigenvalue weighted by Gasteiger charge is 2.21. The van der Waals surface area contributed by atoms with Crippen LogP contribution in [-0.4, -0.2) is 24.2 Å². The zero-order valence-electron chi connectivity index (χ0n) is 15.5. The molecule has 0 fully saturated rings. The summed E-state index contributed by atoms with van der Waals surface area (Å²) in [6, 6.07) is 9.11. The van der Waals surface area contributed by atoms with Crippen molar-refractivity contribution in [2.24, 2.45) is 5.92 Å². The Balaban J connectivity index is 2.11. The molecule has 2 N–H and O–H groups in total. The first-order chi connectivity index (χ1) is 12.8. The van der Waals surface area contributed by atoms with Crippen molar-refractivity contribution in [3.63, 3.8) is 0 Å². The van der Waals surface area contributed by atoms with E-state index >= 15 is 0 Å². The minimum Gasteiger partial charge on any atom is -0.493 e. The van der Waals surface area contributed by atoms with Gasteiger partial charge < -0.3 is 19.9 Å². The van der Waals surface area contributed by atoms with Crippen molar-refractivity contribution in [3.8, 4) is 11.5 Å². The Morgan fingerprint density at radius 1 is 1.22 bits per heavy atom. The van der Waals surface area contributed by atoms with Crippen LogP contribution in [0.25, 0.3) is 0 Å². The fourth-order valence-electron chi connectivity index (χ4n) is 2.59. The number of carboxylic acids is 1. The van der Waals surface area contributed by atoms with Crippen LogP contribution in [0.2, 0.25) is 0 Å². The molecule has 0 heterocycles. The highest BCUT2D eigenvalue weighted by molar-refractivity contribution is 9.10. The summed E-state index contributed by atoms with van der Waals surface area (Å²) in [6.07, 6.45) is 0. The monoisotopic (exact) mass is 439 g/mol. The number of rotatable bonds is 9. The lowest BCUT2D eigenvalue weighted by molar-refractivity contribution is -0.140. The summed E-state index contributed by atoms with van der Waals surface area (Å²) < 4.78 is 24.9. The number of ether oxygens (including phenoxy) is 2. The van der Waals surface area contributed by atoms with Crippen LogP contribution in [-0.2, 0) is 17.9 Å². The normalized spacial score (nSPS) is 12.1. The number of carbonyl (C=O) groups is 1. The SMILES string of the molecule is COc1cc(CNC(C(=O)O)C(C)C)cc(Br)c1OCc1ccc(F)cc1. The van der Waals surface area contributed by atoms with Crippen molar-refractivity contribution in [1.29, 1.82) is 0 Å². The number of hydrogen-bond donors (Lipinski definition) is 2. The summed E-state index contributed by atoms with van der Waals surface area (Å²) >= 11 is 3.48. The molecule has 5 nitrogen and oxygen atoms in total. The molecule has 0 aliphatic carbocycles. The zero-order valence-corrected chi connectivity index (χ0v) is 17.0. The van der Waals surface area contributed by atoms with Gasteiger partial charge in [0, 0.05) is 6.54 Å². The second-order valence-electron chi connectivity index (χ2n) is 6.46. The summed E-state index contributed by atoms with van der Waals surface area (Å²) in [5.41, 5.74) is 1.69. The van der Waals surface area contributed by atoms with Crippen LogP contribution in [0, 0.1) is 11.7 Å². The van der Waals surface area contributed by atoms with E-state index in [-0.39, 0.29) is 18.3 Å². The Morgan fingerprint density at radius 2 is 1.89 bits per heavy atom. The molecule has 1 atom stereocenters. The minimum atomic E-state index is -0.879. The Kier molecular flexibility index (Phi) is 7.62. The number of aliphatic carboxylic acids is 1. The lowest BCUT2D eigenvalue weighted by Crippen LogP contribution is -2.40. The molecular formula is C20H23BrFNO4. The van der Waals surface area contributed by atoms with Gasteiger partial charge in [0.15, 0.2) is 11.5 Å². The van der Waals surface area contributed by atoms with Gasteiger partial charge in [0.25, 0.3) is 0 Å². The summed E-state index contributed by atoms with van der Waals surface area (Å²) in [5, 5.41) is 12.3. The summed E-state index contributed by atoms with van der Waals surface area (Å²) in [5.74, 6) is -0.152. The molecular weight excluding hydrogens is 417 g/mol. The van der Waals surface area contributed by atoms with Gasteiger partial charge in [-0.25, -0.2) is 4.39 Å². The van der Waals surface area contributed by atoms with E-state index in [4.69, 9.17) is 9.47 Å². The van der Waals surface area contributed by atoms with Gasteiger partial charge in [-0.1, -0.05) is 26.0 Å². The van der Waals surface area contributed by atoms with Crippen molar-refractivity contribution in [2.45, 2.75) is 33.0 Å². The number of nitrogens with one attached hydrogen (secondary N) is 1. The van der Waals surface area contributed by atoms with Gasteiger partial charge in [-0.15, -0.1) is 0 Å². The van der Waals surface area contributed by atoms with Crippen LogP contribution in [0.15, 0.2) is 40.9 Å². The van der Waals surface area contributed by atoms with Crippen molar-refractivity contribution >= 4 is 21.9 Å².